The van der Waals surface area contributed by atoms with Gasteiger partial charge >= 0.3 is 0 Å². The summed E-state index contributed by atoms with van der Waals surface area (Å²) < 4.78 is 81.1. The van der Waals surface area contributed by atoms with E-state index in [0.717, 1.165) is 90.7 Å². The van der Waals surface area contributed by atoms with Crippen molar-refractivity contribution in [1.82, 2.24) is 35.7 Å². The van der Waals surface area contributed by atoms with Gasteiger partial charge in [-0.1, -0.05) is 168 Å². The summed E-state index contributed by atoms with van der Waals surface area (Å²) in [4.78, 5) is 25.0. The Labute approximate surface area is 739 Å². The second-order valence-corrected chi connectivity index (χ2v) is 32.9. The van der Waals surface area contributed by atoms with Gasteiger partial charge in [-0.2, -0.15) is 10.5 Å². The molecule has 3 saturated carbocycles. The minimum atomic E-state index is -1.32. The van der Waals surface area contributed by atoms with Crippen molar-refractivity contribution >= 4 is 147 Å². The predicted molar refractivity (Wildman–Crippen MR) is 449 cm³/mol. The fourth-order valence-corrected chi connectivity index (χ4v) is 16.7. The maximum Gasteiger partial charge on any atom is 0.298 e. The molecule has 0 radical (unpaired) electrons. The first-order chi connectivity index (χ1) is 57.2. The van der Waals surface area contributed by atoms with Gasteiger partial charge in [0.1, 0.15) is 100 Å². The number of anilines is 2. The SMILES string of the molecule is Cl.N#Cc1cnc(Cl)c(F)c1.N#Cc1cnc(N2CC(O)(c3ccc(OCc4c(-c5c(Cl)cccc5Cl)noc4C4CC4)cc3Cl)C2)c(F)c1.O=COc1cnc(N2CC(O)(c3ccc(OCc4c(-c5c(Cl)cccc5Cl)noc4C4CC4)cc3Cl)C2)c(F)c1.OC1(c2ccc(OCc3c(-c4c(Cl)cccc4Cl)noc3C3CC3)cc2Cl)CNC1. The van der Waals surface area contributed by atoms with Crippen LogP contribution in [-0.4, -0.2) is 91.5 Å². The largest absolute Gasteiger partial charge is 0.489 e. The monoisotopic (exact) mass is 1840 g/mol. The molecule has 0 spiro atoms. The standard InChI is InChI=1S/C28H20Cl3FN4O3.C28H21Cl3FN3O5.C22H19Cl3N2O3.C6H2ClFN2.ClH/c29-20-2-1-3-21(30)24(20)25-18(26(39-35-25)16-4-5-16)12-38-17-6-7-19(22(31)9-17)28(37)13-36(14-28)27-23(32)8-15(10-33)11-34-27;29-20-2-1-3-21(30)24(20)25-18(26(40-34-25)15-4-5-15)11-38-16-6-7-19(22(31)8-16)28(37)12-35(13-28)27-23(32)9-17(10-33-27)39-14-36;23-16-2-1-3-17(24)19(16)20-14(21(30-27-20)12-4-5-12)9-29-13-6-7-15(18(25)8-13)22(28)10-26-11-22;7-6-5(8)1-4(2-9)3-10-6;/h1-3,6-9,11,16,37H,4-5,12-14H2;1-3,6-10,14-15,37H,4-5,11-13H2;1-3,6-8,12,26,28H,4-5,9-11H2;1,3H;1H. The molecule has 3 aliphatic carbocycles. The predicted octanol–water partition coefficient (Wildman–Crippen LogP) is 21.1. The summed E-state index contributed by atoms with van der Waals surface area (Å²) in [6.07, 6.45) is 9.89. The third-order valence-corrected chi connectivity index (χ3v) is 23.6. The number of halogens is 14. The van der Waals surface area contributed by atoms with Gasteiger partial charge in [-0.05, 0) is 123 Å². The minimum Gasteiger partial charge on any atom is -0.489 e. The van der Waals surface area contributed by atoms with Crippen molar-refractivity contribution in [2.45, 2.75) is 92.9 Å². The molecule has 0 unspecified atom stereocenters. The van der Waals surface area contributed by atoms with Gasteiger partial charge in [-0.25, -0.2) is 28.1 Å². The number of hydrogen-bond acceptors (Lipinski definition) is 22. The average molecular weight is 1850 g/mol. The van der Waals surface area contributed by atoms with Crippen LogP contribution in [0.2, 0.25) is 50.4 Å². The molecule has 0 atom stereocenters. The quantitative estimate of drug-likeness (QED) is 0.0362. The van der Waals surface area contributed by atoms with E-state index in [9.17, 15) is 33.3 Å². The average Bonchev–Trinajstić information content (AvgIpc) is 1.53. The number of nitrogens with one attached hydrogen (secondary N) is 1. The van der Waals surface area contributed by atoms with E-state index in [2.05, 4.69) is 40.5 Å². The van der Waals surface area contributed by atoms with Crippen LogP contribution in [0.3, 0.4) is 0 Å². The van der Waals surface area contributed by atoms with Crippen LogP contribution in [0.1, 0.15) is 118 Å². The highest BCUT2D eigenvalue weighted by Crippen LogP contribution is 2.51. The van der Waals surface area contributed by atoms with Gasteiger partial charge in [0, 0.05) is 82.7 Å². The summed E-state index contributed by atoms with van der Waals surface area (Å²) in [5.74, 6) is 2.93. The highest BCUT2D eigenvalue weighted by molar-refractivity contribution is 6.40. The molecule has 12 aromatic rings. The Balaban J connectivity index is 0.000000140. The Morgan fingerprint density at radius 2 is 0.783 bits per heavy atom. The molecule has 6 aromatic heterocycles. The number of pyridine rings is 3. The molecule has 3 aliphatic heterocycles. The molecule has 36 heteroatoms. The lowest BCUT2D eigenvalue weighted by atomic mass is 9.86. The van der Waals surface area contributed by atoms with Crippen LogP contribution in [0.4, 0.5) is 24.8 Å². The molecule has 0 bridgehead atoms. The van der Waals surface area contributed by atoms with Crippen molar-refractivity contribution in [2.75, 3.05) is 49.1 Å². The van der Waals surface area contributed by atoms with Gasteiger partial charge in [0.15, 0.2) is 40.0 Å². The van der Waals surface area contributed by atoms with E-state index in [1.54, 1.807) is 119 Å². The molecule has 618 valence electrons. The highest BCUT2D eigenvalue weighted by Gasteiger charge is 2.48. The summed E-state index contributed by atoms with van der Waals surface area (Å²) in [6, 6.07) is 38.0. The number of benzene rings is 6. The lowest BCUT2D eigenvalue weighted by Gasteiger charge is -2.47. The Hall–Kier alpha value is -9.33. The Bertz CT molecular complexity index is 5910. The van der Waals surface area contributed by atoms with E-state index >= 15 is 0 Å². The molecule has 18 rings (SSSR count). The number of aliphatic hydroxyl groups is 3. The van der Waals surface area contributed by atoms with E-state index in [1.165, 1.54) is 18.6 Å². The number of carbonyl (C=O) groups excluding carboxylic acids is 1. The van der Waals surface area contributed by atoms with Gasteiger partial charge in [0.25, 0.3) is 6.47 Å². The number of β-amino-alcohol motifs (C(OH)–C–C–N with tert-alkyl or cyclic N) is 3. The highest BCUT2D eigenvalue weighted by atomic mass is 35.5. The molecule has 6 aliphatic rings. The molecule has 9 heterocycles. The molecule has 4 N–H and O–H groups in total. The third kappa shape index (κ3) is 18.8. The molecule has 3 saturated heterocycles. The van der Waals surface area contributed by atoms with Crippen molar-refractivity contribution in [3.8, 4) is 68.9 Å². The first-order valence-electron chi connectivity index (χ1n) is 36.7. The van der Waals surface area contributed by atoms with Crippen LogP contribution in [0.25, 0.3) is 33.8 Å². The summed E-state index contributed by atoms with van der Waals surface area (Å²) in [7, 11) is 0. The minimum absolute atomic E-state index is 0. The maximum absolute atomic E-state index is 14.4. The number of aromatic nitrogens is 6. The van der Waals surface area contributed by atoms with E-state index in [1.807, 2.05) is 12.1 Å². The topological polar surface area (TPSA) is 298 Å². The van der Waals surface area contributed by atoms with Crippen molar-refractivity contribution in [3.05, 3.63) is 276 Å². The van der Waals surface area contributed by atoms with Crippen molar-refractivity contribution in [3.63, 3.8) is 0 Å². The second kappa shape index (κ2) is 36.8. The van der Waals surface area contributed by atoms with Crippen LogP contribution in [-0.2, 0) is 41.4 Å². The Kier molecular flexibility index (Phi) is 26.7. The van der Waals surface area contributed by atoms with Crippen LogP contribution < -0.4 is 34.1 Å². The first kappa shape index (κ1) is 87.0. The summed E-state index contributed by atoms with van der Waals surface area (Å²) in [5, 5.41) is 69.6. The lowest BCUT2D eigenvalue weighted by Crippen LogP contribution is -2.60. The van der Waals surface area contributed by atoms with E-state index < -0.39 is 34.3 Å². The molecular formula is C84H63Cl11F3N11O11. The molecule has 0 amide bonds. The molecular weight excluding hydrogens is 1790 g/mol. The molecule has 22 nitrogen and oxygen atoms in total. The van der Waals surface area contributed by atoms with Crippen LogP contribution in [0, 0.1) is 40.1 Å². The molecule has 6 aromatic carbocycles. The number of hydrogen-bond donors (Lipinski definition) is 4. The summed E-state index contributed by atoms with van der Waals surface area (Å²) >= 11 is 63.4. The van der Waals surface area contributed by atoms with Crippen LogP contribution in [0.5, 0.6) is 23.0 Å². The maximum atomic E-state index is 14.4. The number of ether oxygens (including phenoxy) is 4. The van der Waals surface area contributed by atoms with Gasteiger partial charge in [-0.3, -0.25) is 4.79 Å². The number of rotatable bonds is 22. The normalized spacial score (nSPS) is 15.7. The zero-order valence-electron chi connectivity index (χ0n) is 62.2. The molecule has 120 heavy (non-hydrogen) atoms. The van der Waals surface area contributed by atoms with Crippen LogP contribution in [0.15, 0.2) is 160 Å². The zero-order valence-corrected chi connectivity index (χ0v) is 70.5. The van der Waals surface area contributed by atoms with Crippen molar-refractivity contribution < 1.29 is 65.8 Å². The Morgan fingerprint density at radius 3 is 1.08 bits per heavy atom. The zero-order chi connectivity index (χ0) is 83.8. The first-order valence-corrected chi connectivity index (χ1v) is 40.5. The summed E-state index contributed by atoms with van der Waals surface area (Å²) in [5.41, 5.74) is 4.33. The van der Waals surface area contributed by atoms with Gasteiger partial charge in [0.2, 0.25) is 0 Å². The lowest BCUT2D eigenvalue weighted by molar-refractivity contribution is -0.120. The van der Waals surface area contributed by atoms with Crippen LogP contribution >= 0.6 is 128 Å². The second-order valence-electron chi connectivity index (χ2n) is 28.9. The van der Waals surface area contributed by atoms with Gasteiger partial charge in [0.05, 0.1) is 105 Å². The van der Waals surface area contributed by atoms with Gasteiger partial charge < -0.3 is 63.0 Å². The van der Waals surface area contributed by atoms with Crippen molar-refractivity contribution in [2.24, 2.45) is 0 Å². The summed E-state index contributed by atoms with van der Waals surface area (Å²) in [6.45, 7) is 2.04. The number of nitriles is 2. The van der Waals surface area contributed by atoms with E-state index in [0.29, 0.717) is 132 Å². The third-order valence-electron chi connectivity index (χ3n) is 20.5. The number of carbonyl (C=O) groups is 1. The fraction of sp³-hybridized carbons (Fsp3) is 0.250. The Morgan fingerprint density at radius 1 is 0.450 bits per heavy atom. The fourth-order valence-electron chi connectivity index (χ4n) is 13.8. The smallest absolute Gasteiger partial charge is 0.298 e. The van der Waals surface area contributed by atoms with Crippen molar-refractivity contribution in [1.29, 1.82) is 10.5 Å². The number of nitrogens with zero attached hydrogens (tertiary/aromatic N) is 10. The molecule has 6 fully saturated rings. The van der Waals surface area contributed by atoms with E-state index in [4.69, 9.17) is 154 Å². The van der Waals surface area contributed by atoms with E-state index in [-0.39, 0.29) is 110 Å². The van der Waals surface area contributed by atoms with Gasteiger partial charge in [-0.15, -0.1) is 12.4 Å².